The van der Waals surface area contributed by atoms with Crippen molar-refractivity contribution in [2.45, 2.75) is 97.3 Å². The maximum atomic E-state index is 13.8. The van der Waals surface area contributed by atoms with Gasteiger partial charge in [-0.2, -0.15) is 0 Å². The van der Waals surface area contributed by atoms with Gasteiger partial charge in [-0.3, -0.25) is 14.5 Å². The summed E-state index contributed by atoms with van der Waals surface area (Å²) < 4.78 is 0. The first-order chi connectivity index (χ1) is 19.2. The molecule has 0 aliphatic carbocycles. The largest absolute Gasteiger partial charge is 0.465 e. The van der Waals surface area contributed by atoms with Crippen LogP contribution >= 0.6 is 11.6 Å². The Labute approximate surface area is 252 Å². The van der Waals surface area contributed by atoms with Crippen molar-refractivity contribution in [3.8, 4) is 0 Å². The van der Waals surface area contributed by atoms with Crippen LogP contribution in [0.1, 0.15) is 79.9 Å². The van der Waals surface area contributed by atoms with E-state index in [0.717, 1.165) is 16.0 Å². The molecule has 10 nitrogen and oxygen atoms in total. The highest BCUT2D eigenvalue weighted by Crippen LogP contribution is 2.45. The number of rotatable bonds is 6. The highest BCUT2D eigenvalue weighted by molar-refractivity contribution is 6.29. The summed E-state index contributed by atoms with van der Waals surface area (Å²) in [6.45, 7) is 16.9. The van der Waals surface area contributed by atoms with Gasteiger partial charge in [-0.25, -0.2) is 19.5 Å². The summed E-state index contributed by atoms with van der Waals surface area (Å²) in [5.74, 6) is -0.624. The van der Waals surface area contributed by atoms with Crippen molar-refractivity contribution in [3.63, 3.8) is 0 Å². The predicted molar refractivity (Wildman–Crippen MR) is 162 cm³/mol. The number of benzene rings is 1. The number of carboxylic acid groups (broad SMARTS) is 1. The van der Waals surface area contributed by atoms with Crippen LogP contribution in [0.15, 0.2) is 36.5 Å². The van der Waals surface area contributed by atoms with E-state index in [0.29, 0.717) is 23.1 Å². The van der Waals surface area contributed by atoms with E-state index < -0.39 is 34.2 Å². The van der Waals surface area contributed by atoms with Crippen molar-refractivity contribution in [2.75, 3.05) is 16.3 Å². The van der Waals surface area contributed by atoms with Gasteiger partial charge in [-0.1, -0.05) is 31.5 Å². The van der Waals surface area contributed by atoms with Crippen LogP contribution in [0.3, 0.4) is 0 Å². The Morgan fingerprint density at radius 3 is 2.26 bits per heavy atom. The lowest BCUT2D eigenvalue weighted by Crippen LogP contribution is -2.58. The number of halogens is 1. The summed E-state index contributed by atoms with van der Waals surface area (Å²) in [6.07, 6.45) is 0.404. The summed E-state index contributed by atoms with van der Waals surface area (Å²) in [5, 5.41) is 10.3. The molecule has 5 amide bonds. The minimum absolute atomic E-state index is 0.0484. The number of hydrogen-bond donors (Lipinski definition) is 1. The molecule has 0 bridgehead atoms. The molecule has 0 atom stereocenters. The fourth-order valence-corrected chi connectivity index (χ4v) is 6.49. The number of pyridine rings is 1. The lowest BCUT2D eigenvalue weighted by atomic mass is 9.87. The SMILES string of the molecule is CC1(C)CN(C(=O)CC(C)(C)N(C(=O)O)C(C)(C)C)c2cc(N3C(=O)N(Cc4ccnc(Cl)c4)C(C)(C)C3=O)ccc21. The van der Waals surface area contributed by atoms with Crippen molar-refractivity contribution in [3.05, 3.63) is 52.8 Å². The van der Waals surface area contributed by atoms with Crippen molar-refractivity contribution in [1.82, 2.24) is 14.8 Å². The second kappa shape index (κ2) is 10.3. The Morgan fingerprint density at radius 1 is 1.05 bits per heavy atom. The maximum absolute atomic E-state index is 13.8. The first-order valence-corrected chi connectivity index (χ1v) is 14.3. The predicted octanol–water partition coefficient (Wildman–Crippen LogP) is 6.05. The zero-order chi connectivity index (χ0) is 31.6. The lowest BCUT2D eigenvalue weighted by molar-refractivity contribution is -0.123. The second-order valence-electron chi connectivity index (χ2n) is 13.9. The van der Waals surface area contributed by atoms with Crippen molar-refractivity contribution in [1.29, 1.82) is 0 Å². The van der Waals surface area contributed by atoms with Gasteiger partial charge in [0.05, 0.1) is 12.1 Å². The molecule has 11 heteroatoms. The highest BCUT2D eigenvalue weighted by atomic mass is 35.5. The van der Waals surface area contributed by atoms with Gasteiger partial charge in [0.15, 0.2) is 0 Å². The number of nitrogens with zero attached hydrogens (tertiary/aromatic N) is 5. The van der Waals surface area contributed by atoms with Gasteiger partial charge in [0.25, 0.3) is 5.91 Å². The average Bonchev–Trinajstić information content (AvgIpc) is 3.19. The van der Waals surface area contributed by atoms with Crippen LogP contribution in [0.5, 0.6) is 0 Å². The van der Waals surface area contributed by atoms with E-state index in [4.69, 9.17) is 11.6 Å². The zero-order valence-corrected chi connectivity index (χ0v) is 26.5. The number of anilines is 2. The first kappa shape index (κ1) is 31.3. The van der Waals surface area contributed by atoms with E-state index in [-0.39, 0.29) is 24.8 Å². The van der Waals surface area contributed by atoms with E-state index in [9.17, 15) is 24.3 Å². The third-order valence-corrected chi connectivity index (χ3v) is 8.33. The Morgan fingerprint density at radius 2 is 1.69 bits per heavy atom. The van der Waals surface area contributed by atoms with Crippen LogP contribution in [0.25, 0.3) is 0 Å². The molecule has 1 aromatic carbocycles. The molecule has 0 spiro atoms. The molecule has 0 unspecified atom stereocenters. The van der Waals surface area contributed by atoms with E-state index in [1.54, 1.807) is 83.8 Å². The van der Waals surface area contributed by atoms with Gasteiger partial charge in [-0.15, -0.1) is 0 Å². The number of hydrogen-bond acceptors (Lipinski definition) is 5. The number of aromatic nitrogens is 1. The Kier molecular flexibility index (Phi) is 7.64. The standard InChI is InChI=1S/C31H40ClN5O5/c1-28(2,3)37(27(41)42)30(6,7)16-24(38)34-18-29(4,5)21-11-10-20(15-22(21)34)36-25(39)31(8,9)35(26(36)40)17-19-12-13-33-23(32)14-19/h10-15H,16-18H2,1-9H3,(H,41,42). The minimum atomic E-state index is -1.13. The van der Waals surface area contributed by atoms with Crippen molar-refractivity contribution in [2.24, 2.45) is 0 Å². The second-order valence-corrected chi connectivity index (χ2v) is 14.3. The van der Waals surface area contributed by atoms with Gasteiger partial charge in [0.1, 0.15) is 10.7 Å². The molecule has 1 saturated heterocycles. The molecule has 1 aromatic heterocycles. The summed E-state index contributed by atoms with van der Waals surface area (Å²) in [4.78, 5) is 63.0. The third-order valence-electron chi connectivity index (χ3n) is 8.12. The van der Waals surface area contributed by atoms with Gasteiger partial charge < -0.3 is 14.9 Å². The number of amides is 5. The van der Waals surface area contributed by atoms with Crippen LogP contribution in [0.4, 0.5) is 21.0 Å². The molecule has 1 N–H and O–H groups in total. The summed E-state index contributed by atoms with van der Waals surface area (Å²) >= 11 is 6.05. The molecule has 4 rings (SSSR count). The quantitative estimate of drug-likeness (QED) is 0.320. The molecule has 226 valence electrons. The fraction of sp³-hybridized carbons (Fsp3) is 0.516. The van der Waals surface area contributed by atoms with Crippen LogP contribution < -0.4 is 9.80 Å². The van der Waals surface area contributed by atoms with Gasteiger partial charge in [0.2, 0.25) is 5.91 Å². The lowest BCUT2D eigenvalue weighted by Gasteiger charge is -2.45. The normalized spacial score (nSPS) is 18.0. The van der Waals surface area contributed by atoms with Crippen molar-refractivity contribution >= 4 is 46.9 Å². The van der Waals surface area contributed by atoms with Gasteiger partial charge in [-0.05, 0) is 83.9 Å². The van der Waals surface area contributed by atoms with Crippen LogP contribution in [0, 0.1) is 0 Å². The first-order valence-electron chi connectivity index (χ1n) is 13.9. The summed E-state index contributed by atoms with van der Waals surface area (Å²) in [6, 6.07) is 8.24. The van der Waals surface area contributed by atoms with E-state index in [1.165, 1.54) is 9.80 Å². The minimum Gasteiger partial charge on any atom is -0.465 e. The molecule has 0 saturated carbocycles. The molecular weight excluding hydrogens is 558 g/mol. The van der Waals surface area contributed by atoms with E-state index in [1.807, 2.05) is 19.9 Å². The van der Waals surface area contributed by atoms with E-state index >= 15 is 0 Å². The van der Waals surface area contributed by atoms with Gasteiger partial charge in [0, 0.05) is 41.5 Å². The molecule has 2 aromatic rings. The maximum Gasteiger partial charge on any atom is 0.408 e. The van der Waals surface area contributed by atoms with E-state index in [2.05, 4.69) is 4.98 Å². The Hall–Kier alpha value is -3.66. The number of carbonyl (C=O) groups is 4. The molecule has 42 heavy (non-hydrogen) atoms. The van der Waals surface area contributed by atoms with Crippen LogP contribution in [-0.2, 0) is 21.5 Å². The number of carbonyl (C=O) groups excluding carboxylic acids is 3. The highest BCUT2D eigenvalue weighted by Gasteiger charge is 2.52. The van der Waals surface area contributed by atoms with Crippen molar-refractivity contribution < 1.29 is 24.3 Å². The molecule has 3 heterocycles. The topological polar surface area (TPSA) is 114 Å². The van der Waals surface area contributed by atoms with Gasteiger partial charge >= 0.3 is 12.1 Å². The smallest absolute Gasteiger partial charge is 0.408 e. The summed E-state index contributed by atoms with van der Waals surface area (Å²) in [7, 11) is 0. The van der Waals surface area contributed by atoms with Crippen LogP contribution in [-0.4, -0.2) is 67.0 Å². The molecule has 0 radical (unpaired) electrons. The van der Waals surface area contributed by atoms with Crippen LogP contribution in [0.2, 0.25) is 5.15 Å². The molecular formula is C31H40ClN5O5. The number of imide groups is 1. The Bertz CT molecular complexity index is 1460. The molecule has 2 aliphatic rings. The molecule has 1 fully saturated rings. The third kappa shape index (κ3) is 5.44. The number of fused-ring (bicyclic) bond motifs is 1. The number of urea groups is 1. The monoisotopic (exact) mass is 597 g/mol. The average molecular weight is 598 g/mol. The zero-order valence-electron chi connectivity index (χ0n) is 25.8. The fourth-order valence-electron chi connectivity index (χ4n) is 6.29. The Balaban J connectivity index is 1.68. The molecule has 2 aliphatic heterocycles. The summed E-state index contributed by atoms with van der Waals surface area (Å²) in [5.41, 5.74) is -0.615.